The van der Waals surface area contributed by atoms with Crippen LogP contribution < -0.4 is 5.32 Å². The van der Waals surface area contributed by atoms with E-state index in [1.807, 2.05) is 30.3 Å². The van der Waals surface area contributed by atoms with Crippen LogP contribution >= 0.6 is 0 Å². The minimum Gasteiger partial charge on any atom is -0.358 e. The molecule has 1 amide bonds. The number of aryl methyl sites for hydroxylation is 1. The van der Waals surface area contributed by atoms with Crippen LogP contribution in [-0.2, 0) is 11.3 Å². The number of benzene rings is 1. The lowest BCUT2D eigenvalue weighted by molar-refractivity contribution is -0.389. The smallest absolute Gasteiger partial charge is 0.358 e. The summed E-state index contributed by atoms with van der Waals surface area (Å²) in [6.07, 6.45) is 3.76. The van der Waals surface area contributed by atoms with E-state index >= 15 is 0 Å². The second-order valence-electron chi connectivity index (χ2n) is 7.27. The maximum Gasteiger partial charge on any atom is 0.381 e. The first kappa shape index (κ1) is 18.6. The normalized spacial score (nSPS) is 12.6. The van der Waals surface area contributed by atoms with Crippen molar-refractivity contribution >= 4 is 11.7 Å². The summed E-state index contributed by atoms with van der Waals surface area (Å²) in [4.78, 5) is 26.1. The first-order valence-electron chi connectivity index (χ1n) is 8.25. The monoisotopic (exact) mass is 344 g/mol. The third-order valence-corrected chi connectivity index (χ3v) is 3.76. The largest absolute Gasteiger partial charge is 0.381 e. The zero-order chi connectivity index (χ0) is 18.4. The molecule has 134 valence electrons. The average molecular weight is 344 g/mol. The quantitative estimate of drug-likeness (QED) is 0.615. The first-order valence-corrected chi connectivity index (χ1v) is 8.25. The molecule has 0 fully saturated rings. The van der Waals surface area contributed by atoms with Crippen molar-refractivity contribution in [1.82, 2.24) is 14.9 Å². The Hall–Kier alpha value is -2.70. The van der Waals surface area contributed by atoms with Gasteiger partial charge in [0.05, 0.1) is 6.04 Å². The zero-order valence-corrected chi connectivity index (χ0v) is 14.8. The number of nitrogens with one attached hydrogen (secondary N) is 1. The molecule has 0 spiro atoms. The standard InChI is InChI=1S/C18H24N4O3/c1-18(2,3)11-15(14-7-5-4-6-8-14)20-17(23)9-10-21-12-16(19-13-21)22(24)25/h4-8,12-13,15H,9-11H2,1-3H3,(H,20,23). The van der Waals surface area contributed by atoms with Crippen LogP contribution in [0.15, 0.2) is 42.9 Å². The van der Waals surface area contributed by atoms with Crippen molar-refractivity contribution in [2.24, 2.45) is 5.41 Å². The Morgan fingerprint density at radius 2 is 2.00 bits per heavy atom. The molecule has 0 aliphatic carbocycles. The summed E-state index contributed by atoms with van der Waals surface area (Å²) in [7, 11) is 0. The number of nitro groups is 1. The molecule has 1 atom stereocenters. The van der Waals surface area contributed by atoms with Crippen molar-refractivity contribution in [3.63, 3.8) is 0 Å². The Kier molecular flexibility index (Phi) is 5.90. The van der Waals surface area contributed by atoms with Gasteiger partial charge in [0.25, 0.3) is 0 Å². The lowest BCUT2D eigenvalue weighted by Crippen LogP contribution is -2.31. The van der Waals surface area contributed by atoms with E-state index in [1.165, 1.54) is 12.5 Å². The van der Waals surface area contributed by atoms with Gasteiger partial charge in [-0.1, -0.05) is 51.1 Å². The molecular weight excluding hydrogens is 320 g/mol. The van der Waals surface area contributed by atoms with E-state index in [4.69, 9.17) is 0 Å². The number of carbonyl (C=O) groups excluding carboxylic acids is 1. The lowest BCUT2D eigenvalue weighted by Gasteiger charge is -2.27. The second-order valence-corrected chi connectivity index (χ2v) is 7.27. The van der Waals surface area contributed by atoms with Gasteiger partial charge in [0, 0.05) is 13.0 Å². The highest BCUT2D eigenvalue weighted by molar-refractivity contribution is 5.76. The van der Waals surface area contributed by atoms with Crippen molar-refractivity contribution in [2.75, 3.05) is 0 Å². The molecule has 2 rings (SSSR count). The van der Waals surface area contributed by atoms with Crippen LogP contribution in [0.1, 0.15) is 45.2 Å². The van der Waals surface area contributed by atoms with Crippen molar-refractivity contribution in [1.29, 1.82) is 0 Å². The summed E-state index contributed by atoms with van der Waals surface area (Å²) in [5.74, 6) is -0.301. The summed E-state index contributed by atoms with van der Waals surface area (Å²) in [5.41, 5.74) is 1.14. The fourth-order valence-electron chi connectivity index (χ4n) is 2.61. The van der Waals surface area contributed by atoms with Crippen LogP contribution in [-0.4, -0.2) is 20.4 Å². The van der Waals surface area contributed by atoms with Crippen LogP contribution in [0, 0.1) is 15.5 Å². The number of hydrogen-bond acceptors (Lipinski definition) is 4. The van der Waals surface area contributed by atoms with Gasteiger partial charge in [0.15, 0.2) is 0 Å². The topological polar surface area (TPSA) is 90.1 Å². The molecule has 7 nitrogen and oxygen atoms in total. The molecule has 1 aromatic carbocycles. The highest BCUT2D eigenvalue weighted by Crippen LogP contribution is 2.29. The number of hydrogen-bond donors (Lipinski definition) is 1. The first-order chi connectivity index (χ1) is 11.7. The molecule has 7 heteroatoms. The lowest BCUT2D eigenvalue weighted by atomic mass is 9.85. The number of nitrogens with zero attached hydrogens (tertiary/aromatic N) is 3. The van der Waals surface area contributed by atoms with Gasteiger partial charge in [-0.25, -0.2) is 0 Å². The Bertz CT molecular complexity index is 719. The molecule has 1 N–H and O–H groups in total. The number of aromatic nitrogens is 2. The minimum absolute atomic E-state index is 0.0641. The van der Waals surface area contributed by atoms with Gasteiger partial charge in [-0.15, -0.1) is 0 Å². The molecule has 0 saturated heterocycles. The van der Waals surface area contributed by atoms with Crippen molar-refractivity contribution in [3.05, 3.63) is 58.5 Å². The maximum absolute atomic E-state index is 12.3. The summed E-state index contributed by atoms with van der Waals surface area (Å²) >= 11 is 0. The van der Waals surface area contributed by atoms with Crippen LogP contribution in [0.3, 0.4) is 0 Å². The number of carbonyl (C=O) groups is 1. The van der Waals surface area contributed by atoms with Gasteiger partial charge in [0.2, 0.25) is 12.2 Å². The Morgan fingerprint density at radius 3 is 2.56 bits per heavy atom. The molecule has 0 radical (unpaired) electrons. The number of amides is 1. The number of imidazole rings is 1. The van der Waals surface area contributed by atoms with Gasteiger partial charge in [0.1, 0.15) is 6.20 Å². The van der Waals surface area contributed by atoms with Gasteiger partial charge in [-0.05, 0) is 27.3 Å². The molecule has 1 heterocycles. The Morgan fingerprint density at radius 1 is 1.32 bits per heavy atom. The molecule has 0 bridgehead atoms. The molecule has 2 aromatic rings. The van der Waals surface area contributed by atoms with E-state index in [0.29, 0.717) is 6.54 Å². The van der Waals surface area contributed by atoms with E-state index in [0.717, 1.165) is 12.0 Å². The number of rotatable bonds is 7. The second kappa shape index (κ2) is 7.92. The van der Waals surface area contributed by atoms with Crippen molar-refractivity contribution in [2.45, 2.75) is 46.2 Å². The third-order valence-electron chi connectivity index (χ3n) is 3.76. The zero-order valence-electron chi connectivity index (χ0n) is 14.8. The van der Waals surface area contributed by atoms with Crippen LogP contribution in [0.25, 0.3) is 0 Å². The van der Waals surface area contributed by atoms with Crippen molar-refractivity contribution < 1.29 is 9.72 Å². The molecule has 1 aromatic heterocycles. The summed E-state index contributed by atoms with van der Waals surface area (Å²) in [5, 5.41) is 13.7. The fraction of sp³-hybridized carbons (Fsp3) is 0.444. The molecule has 1 unspecified atom stereocenters. The summed E-state index contributed by atoms with van der Waals surface area (Å²) in [6, 6.07) is 9.83. The molecule has 0 saturated carbocycles. The molecule has 0 aliphatic rings. The molecular formula is C18H24N4O3. The van der Waals surface area contributed by atoms with Crippen LogP contribution in [0.5, 0.6) is 0 Å². The highest BCUT2D eigenvalue weighted by atomic mass is 16.6. The van der Waals surface area contributed by atoms with Gasteiger partial charge in [-0.2, -0.15) is 0 Å². The van der Waals surface area contributed by atoms with Gasteiger partial charge in [-0.3, -0.25) is 4.79 Å². The highest BCUT2D eigenvalue weighted by Gasteiger charge is 2.22. The van der Waals surface area contributed by atoms with E-state index < -0.39 is 4.92 Å². The fourth-order valence-corrected chi connectivity index (χ4v) is 2.61. The van der Waals surface area contributed by atoms with Gasteiger partial charge >= 0.3 is 5.82 Å². The summed E-state index contributed by atoms with van der Waals surface area (Å²) < 4.78 is 1.55. The molecule has 0 aliphatic heterocycles. The maximum atomic E-state index is 12.3. The van der Waals surface area contributed by atoms with Crippen LogP contribution in [0.2, 0.25) is 0 Å². The predicted octanol–water partition coefficient (Wildman–Crippen LogP) is 3.48. The summed E-state index contributed by atoms with van der Waals surface area (Å²) in [6.45, 7) is 6.77. The third kappa shape index (κ3) is 6.02. The van der Waals surface area contributed by atoms with Crippen LogP contribution in [0.4, 0.5) is 5.82 Å². The van der Waals surface area contributed by atoms with E-state index in [9.17, 15) is 14.9 Å². The van der Waals surface area contributed by atoms with Crippen molar-refractivity contribution in [3.8, 4) is 0 Å². The Balaban J connectivity index is 1.97. The molecule has 25 heavy (non-hydrogen) atoms. The average Bonchev–Trinajstić information content (AvgIpc) is 3.01. The van der Waals surface area contributed by atoms with E-state index in [1.54, 1.807) is 4.57 Å². The SMILES string of the molecule is CC(C)(C)CC(NC(=O)CCn1cnc([N+](=O)[O-])c1)c1ccccc1. The minimum atomic E-state index is -0.550. The van der Waals surface area contributed by atoms with E-state index in [2.05, 4.69) is 31.1 Å². The van der Waals surface area contributed by atoms with Gasteiger partial charge < -0.3 is 20.0 Å². The predicted molar refractivity (Wildman–Crippen MR) is 94.9 cm³/mol. The van der Waals surface area contributed by atoms with E-state index in [-0.39, 0.29) is 29.6 Å². The Labute approximate surface area is 147 Å².